The molecule has 0 aromatic heterocycles. The van der Waals surface area contributed by atoms with Crippen LogP contribution in [0.4, 0.5) is 0 Å². The Hall–Kier alpha value is -1.28. The average Bonchev–Trinajstić information content (AvgIpc) is 2.58. The molecule has 3 rings (SSSR count). The third-order valence-corrected chi connectivity index (χ3v) is 7.41. The van der Waals surface area contributed by atoms with Gasteiger partial charge in [-0.25, -0.2) is 13.1 Å². The van der Waals surface area contributed by atoms with Gasteiger partial charge in [-0.3, -0.25) is 0 Å². The van der Waals surface area contributed by atoms with Gasteiger partial charge in [0.1, 0.15) is 4.90 Å². The highest BCUT2D eigenvalue weighted by atomic mass is 79.9. The highest BCUT2D eigenvalue weighted by Gasteiger charge is 2.42. The maximum absolute atomic E-state index is 13.1. The van der Waals surface area contributed by atoms with E-state index in [2.05, 4.69) is 20.7 Å². The van der Waals surface area contributed by atoms with Crippen molar-refractivity contribution in [2.45, 2.75) is 29.7 Å². The normalized spacial score (nSPS) is 16.0. The molecule has 0 saturated heterocycles. The maximum Gasteiger partial charge on any atom is 0.242 e. The van der Waals surface area contributed by atoms with Crippen LogP contribution in [0.25, 0.3) is 0 Å². The Bertz CT molecular complexity index is 912. The van der Waals surface area contributed by atoms with Crippen LogP contribution in [0.15, 0.2) is 45.8 Å². The average molecular weight is 461 g/mol. The van der Waals surface area contributed by atoms with Crippen LogP contribution in [-0.4, -0.2) is 22.6 Å². The first-order valence-electron chi connectivity index (χ1n) is 8.03. The molecular weight excluding hydrogens is 442 g/mol. The molecule has 1 aliphatic carbocycles. The lowest BCUT2D eigenvalue weighted by Gasteiger charge is -2.42. The maximum atomic E-state index is 13.1. The fourth-order valence-electron chi connectivity index (χ4n) is 3.10. The van der Waals surface area contributed by atoms with E-state index in [1.807, 2.05) is 12.1 Å². The third-order valence-electron chi connectivity index (χ3n) is 4.66. The van der Waals surface area contributed by atoms with Gasteiger partial charge in [0.2, 0.25) is 10.0 Å². The van der Waals surface area contributed by atoms with E-state index in [1.54, 1.807) is 18.2 Å². The van der Waals surface area contributed by atoms with Gasteiger partial charge in [-0.1, -0.05) is 23.7 Å². The van der Waals surface area contributed by atoms with E-state index >= 15 is 0 Å². The monoisotopic (exact) mass is 459 g/mol. The zero-order valence-corrected chi connectivity index (χ0v) is 17.5. The number of methoxy groups -OCH3 is 2. The van der Waals surface area contributed by atoms with Crippen molar-refractivity contribution >= 4 is 37.6 Å². The number of rotatable bonds is 6. The molecule has 2 aromatic carbocycles. The van der Waals surface area contributed by atoms with Crippen molar-refractivity contribution < 1.29 is 17.9 Å². The molecule has 0 atom stereocenters. The first-order chi connectivity index (χ1) is 12.3. The summed E-state index contributed by atoms with van der Waals surface area (Å²) in [5, 5.41) is 0.619. The Labute approximate surface area is 166 Å². The predicted octanol–water partition coefficient (Wildman–Crippen LogP) is 4.48. The summed E-state index contributed by atoms with van der Waals surface area (Å²) >= 11 is 9.29. The molecule has 1 fully saturated rings. The molecule has 26 heavy (non-hydrogen) atoms. The molecule has 0 radical (unpaired) electrons. The van der Waals surface area contributed by atoms with Crippen molar-refractivity contribution in [3.63, 3.8) is 0 Å². The Balaban J connectivity index is 1.99. The second kappa shape index (κ2) is 7.38. The van der Waals surface area contributed by atoms with Crippen molar-refractivity contribution in [3.05, 3.63) is 51.5 Å². The molecule has 5 nitrogen and oxygen atoms in total. The molecule has 0 heterocycles. The summed E-state index contributed by atoms with van der Waals surface area (Å²) in [5.41, 5.74) is 0.295. The topological polar surface area (TPSA) is 64.6 Å². The van der Waals surface area contributed by atoms with Gasteiger partial charge in [-0.2, -0.15) is 0 Å². The summed E-state index contributed by atoms with van der Waals surface area (Å²) in [6, 6.07) is 10.3. The molecule has 1 N–H and O–H groups in total. The fourth-order valence-corrected chi connectivity index (χ4v) is 5.71. The molecule has 0 aliphatic heterocycles. The van der Waals surface area contributed by atoms with Crippen LogP contribution >= 0.6 is 27.5 Å². The van der Waals surface area contributed by atoms with E-state index in [1.165, 1.54) is 20.3 Å². The zero-order valence-electron chi connectivity index (χ0n) is 14.4. The second-order valence-corrected chi connectivity index (χ2v) is 9.13. The lowest BCUT2D eigenvalue weighted by Crippen LogP contribution is -2.50. The number of benzene rings is 2. The quantitative estimate of drug-likeness (QED) is 0.690. The van der Waals surface area contributed by atoms with Crippen LogP contribution in [0.2, 0.25) is 5.02 Å². The smallest absolute Gasteiger partial charge is 0.242 e. The molecule has 0 amide bonds. The van der Waals surface area contributed by atoms with E-state index < -0.39 is 15.6 Å². The molecule has 0 bridgehead atoms. The summed E-state index contributed by atoms with van der Waals surface area (Å²) in [4.78, 5) is 0.107. The molecule has 8 heteroatoms. The van der Waals surface area contributed by atoms with Crippen LogP contribution in [0.5, 0.6) is 11.5 Å². The minimum Gasteiger partial charge on any atom is -0.493 e. The standard InChI is InChI=1S/C18H19BrClNO4S/c1-24-15-10-14(19)17(11-16(15)25-2)26(22,23)21-18(8-3-9-18)12-4-6-13(20)7-5-12/h4-7,10-11,21H,3,8-9H2,1-2H3. The van der Waals surface area contributed by atoms with Crippen LogP contribution in [-0.2, 0) is 15.6 Å². The number of hydrogen-bond donors (Lipinski definition) is 1. The van der Waals surface area contributed by atoms with Crippen LogP contribution in [0.1, 0.15) is 24.8 Å². The Morgan fingerprint density at radius 3 is 2.15 bits per heavy atom. The van der Waals surface area contributed by atoms with Crippen molar-refractivity contribution in [2.24, 2.45) is 0 Å². The Morgan fingerprint density at radius 1 is 1.08 bits per heavy atom. The summed E-state index contributed by atoms with van der Waals surface area (Å²) in [6.45, 7) is 0. The van der Waals surface area contributed by atoms with E-state index in [4.69, 9.17) is 21.1 Å². The third kappa shape index (κ3) is 3.58. The van der Waals surface area contributed by atoms with Crippen molar-refractivity contribution in [3.8, 4) is 11.5 Å². The predicted molar refractivity (Wildman–Crippen MR) is 105 cm³/mol. The van der Waals surface area contributed by atoms with E-state index in [0.29, 0.717) is 21.0 Å². The lowest BCUT2D eigenvalue weighted by molar-refractivity contribution is 0.224. The lowest BCUT2D eigenvalue weighted by atomic mass is 9.73. The molecule has 140 valence electrons. The van der Waals surface area contributed by atoms with Gasteiger partial charge in [0.15, 0.2) is 11.5 Å². The van der Waals surface area contributed by atoms with Crippen LogP contribution in [0.3, 0.4) is 0 Å². The van der Waals surface area contributed by atoms with Gasteiger partial charge in [0.25, 0.3) is 0 Å². The van der Waals surface area contributed by atoms with Gasteiger partial charge in [0, 0.05) is 15.6 Å². The fraction of sp³-hybridized carbons (Fsp3) is 0.333. The number of sulfonamides is 1. The molecular formula is C18H19BrClNO4S. The minimum absolute atomic E-state index is 0.107. The number of hydrogen-bond acceptors (Lipinski definition) is 4. The second-order valence-electron chi connectivity index (χ2n) is 6.19. The van der Waals surface area contributed by atoms with Crippen molar-refractivity contribution in [2.75, 3.05) is 14.2 Å². The number of nitrogens with one attached hydrogen (secondary N) is 1. The largest absolute Gasteiger partial charge is 0.493 e. The Kier molecular flexibility index (Phi) is 5.53. The highest BCUT2D eigenvalue weighted by molar-refractivity contribution is 9.10. The summed E-state index contributed by atoms with van der Waals surface area (Å²) in [7, 11) is -0.821. The van der Waals surface area contributed by atoms with Gasteiger partial charge in [-0.15, -0.1) is 0 Å². The molecule has 0 unspecified atom stereocenters. The van der Waals surface area contributed by atoms with Crippen LogP contribution < -0.4 is 14.2 Å². The summed E-state index contributed by atoms with van der Waals surface area (Å²) < 4.78 is 40.0. The van der Waals surface area contributed by atoms with E-state index in [-0.39, 0.29) is 4.90 Å². The van der Waals surface area contributed by atoms with E-state index in [0.717, 1.165) is 24.8 Å². The van der Waals surface area contributed by atoms with Gasteiger partial charge >= 0.3 is 0 Å². The summed E-state index contributed by atoms with van der Waals surface area (Å²) in [6.07, 6.45) is 2.43. The molecule has 1 aliphatic rings. The molecule has 1 saturated carbocycles. The van der Waals surface area contributed by atoms with Crippen molar-refractivity contribution in [1.29, 1.82) is 0 Å². The van der Waals surface area contributed by atoms with Crippen molar-refractivity contribution in [1.82, 2.24) is 4.72 Å². The van der Waals surface area contributed by atoms with Gasteiger partial charge in [0.05, 0.1) is 19.8 Å². The van der Waals surface area contributed by atoms with Gasteiger partial charge in [-0.05, 0) is 59.0 Å². The first kappa shape index (κ1) is 19.5. The molecule has 2 aromatic rings. The van der Waals surface area contributed by atoms with E-state index in [9.17, 15) is 8.42 Å². The minimum atomic E-state index is -3.79. The number of ether oxygens (including phenoxy) is 2. The first-order valence-corrected chi connectivity index (χ1v) is 10.7. The summed E-state index contributed by atoms with van der Waals surface area (Å²) in [5.74, 6) is 0.805. The zero-order chi connectivity index (χ0) is 18.9. The highest BCUT2D eigenvalue weighted by Crippen LogP contribution is 2.44. The SMILES string of the molecule is COc1cc(Br)c(S(=O)(=O)NC2(c3ccc(Cl)cc3)CCC2)cc1OC. The molecule has 0 spiro atoms. The van der Waals surface area contributed by atoms with Gasteiger partial charge < -0.3 is 9.47 Å². The number of halogens is 2. The Morgan fingerprint density at radius 2 is 1.65 bits per heavy atom. The van der Waals surface area contributed by atoms with Crippen LogP contribution in [0, 0.1) is 0 Å².